The molecule has 0 spiro atoms. The second-order valence-corrected chi connectivity index (χ2v) is 7.81. The van der Waals surface area contributed by atoms with Crippen LogP contribution in [0.25, 0.3) is 0 Å². The van der Waals surface area contributed by atoms with Crippen LogP contribution in [0.5, 0.6) is 5.75 Å². The van der Waals surface area contributed by atoms with Crippen LogP contribution in [0.3, 0.4) is 0 Å². The van der Waals surface area contributed by atoms with Crippen LogP contribution in [0.1, 0.15) is 18.1 Å². The van der Waals surface area contributed by atoms with Crippen molar-refractivity contribution in [3.8, 4) is 5.75 Å². The van der Waals surface area contributed by atoms with Crippen molar-refractivity contribution in [2.75, 3.05) is 11.9 Å². The second-order valence-electron chi connectivity index (χ2n) is 6.25. The molecule has 9 heteroatoms. The highest BCUT2D eigenvalue weighted by atomic mass is 32.2. The Morgan fingerprint density at radius 2 is 1.75 bits per heavy atom. The summed E-state index contributed by atoms with van der Waals surface area (Å²) in [5.74, 6) is -0.690. The summed E-state index contributed by atoms with van der Waals surface area (Å²) in [6.07, 6.45) is -1.06. The standard InChI is InChI=1S/C19H22N2O6S/c1-12-4-9-17(13(2)10-12)26-11-18(22)27-14(3)19(23)21-15-5-7-16(8-6-15)28(20,24)25/h4-10,14H,11H2,1-3H3,(H,21,23)(H2,20,24,25)/t14-/m1/s1. The van der Waals surface area contributed by atoms with E-state index in [1.165, 1.54) is 31.2 Å². The van der Waals surface area contributed by atoms with E-state index >= 15 is 0 Å². The quantitative estimate of drug-likeness (QED) is 0.677. The molecule has 150 valence electrons. The van der Waals surface area contributed by atoms with Crippen molar-refractivity contribution < 1.29 is 27.5 Å². The highest BCUT2D eigenvalue weighted by Gasteiger charge is 2.19. The predicted molar refractivity (Wildman–Crippen MR) is 103 cm³/mol. The van der Waals surface area contributed by atoms with E-state index in [1.54, 1.807) is 6.07 Å². The van der Waals surface area contributed by atoms with Gasteiger partial charge in [0.15, 0.2) is 12.7 Å². The number of primary sulfonamides is 1. The maximum Gasteiger partial charge on any atom is 0.344 e. The van der Waals surface area contributed by atoms with Crippen molar-refractivity contribution in [2.24, 2.45) is 5.14 Å². The van der Waals surface area contributed by atoms with Gasteiger partial charge in [0, 0.05) is 5.69 Å². The molecule has 0 aromatic heterocycles. The first-order valence-electron chi connectivity index (χ1n) is 8.39. The number of nitrogens with one attached hydrogen (secondary N) is 1. The van der Waals surface area contributed by atoms with Crippen LogP contribution in [0.4, 0.5) is 5.69 Å². The number of aryl methyl sites for hydroxylation is 2. The Hall–Kier alpha value is -2.91. The molecule has 0 fully saturated rings. The zero-order valence-corrected chi connectivity index (χ0v) is 16.6. The largest absolute Gasteiger partial charge is 0.482 e. The molecule has 0 aliphatic carbocycles. The predicted octanol–water partition coefficient (Wildman–Crippen LogP) is 1.90. The first-order chi connectivity index (χ1) is 13.1. The Morgan fingerprint density at radius 1 is 1.11 bits per heavy atom. The van der Waals surface area contributed by atoms with Gasteiger partial charge in [-0.2, -0.15) is 0 Å². The fourth-order valence-corrected chi connectivity index (χ4v) is 2.87. The normalized spacial score (nSPS) is 12.1. The topological polar surface area (TPSA) is 125 Å². The van der Waals surface area contributed by atoms with E-state index in [0.29, 0.717) is 11.4 Å². The molecular formula is C19H22N2O6S. The number of nitrogens with two attached hydrogens (primary N) is 1. The van der Waals surface area contributed by atoms with Gasteiger partial charge < -0.3 is 14.8 Å². The Morgan fingerprint density at radius 3 is 2.32 bits per heavy atom. The second kappa shape index (κ2) is 8.85. The smallest absolute Gasteiger partial charge is 0.344 e. The molecule has 2 rings (SSSR count). The average Bonchev–Trinajstić information content (AvgIpc) is 2.60. The number of carbonyl (C=O) groups excluding carboxylic acids is 2. The summed E-state index contributed by atoms with van der Waals surface area (Å²) in [6.45, 7) is 4.91. The molecular weight excluding hydrogens is 384 g/mol. The fraction of sp³-hybridized carbons (Fsp3) is 0.263. The Kier molecular flexibility index (Phi) is 6.76. The van der Waals surface area contributed by atoms with Gasteiger partial charge in [0.1, 0.15) is 5.75 Å². The van der Waals surface area contributed by atoms with Gasteiger partial charge in [0.2, 0.25) is 10.0 Å². The van der Waals surface area contributed by atoms with Crippen LogP contribution in [-0.4, -0.2) is 33.0 Å². The van der Waals surface area contributed by atoms with Gasteiger partial charge >= 0.3 is 5.97 Å². The highest BCUT2D eigenvalue weighted by Crippen LogP contribution is 2.18. The molecule has 0 radical (unpaired) electrons. The third-order valence-corrected chi connectivity index (χ3v) is 4.73. The lowest BCUT2D eigenvalue weighted by molar-refractivity contribution is -0.155. The number of rotatable bonds is 7. The third-order valence-electron chi connectivity index (χ3n) is 3.80. The molecule has 0 unspecified atom stereocenters. The highest BCUT2D eigenvalue weighted by molar-refractivity contribution is 7.89. The van der Waals surface area contributed by atoms with Gasteiger partial charge in [0.05, 0.1) is 4.90 Å². The van der Waals surface area contributed by atoms with Crippen molar-refractivity contribution in [1.29, 1.82) is 0 Å². The Bertz CT molecular complexity index is 970. The van der Waals surface area contributed by atoms with Crippen molar-refractivity contribution in [3.63, 3.8) is 0 Å². The molecule has 0 aliphatic heterocycles. The summed E-state index contributed by atoms with van der Waals surface area (Å²) < 4.78 is 32.9. The van der Waals surface area contributed by atoms with E-state index in [-0.39, 0.29) is 11.5 Å². The van der Waals surface area contributed by atoms with Gasteiger partial charge in [-0.1, -0.05) is 17.7 Å². The summed E-state index contributed by atoms with van der Waals surface area (Å²) in [4.78, 5) is 24.0. The number of ether oxygens (including phenoxy) is 2. The number of hydrogen-bond donors (Lipinski definition) is 2. The minimum atomic E-state index is -3.81. The van der Waals surface area contributed by atoms with Crippen LogP contribution >= 0.6 is 0 Å². The average molecular weight is 406 g/mol. The number of benzene rings is 2. The molecule has 1 amide bonds. The van der Waals surface area contributed by atoms with Crippen molar-refractivity contribution in [3.05, 3.63) is 53.6 Å². The number of esters is 1. The molecule has 1 atom stereocenters. The maximum absolute atomic E-state index is 12.1. The Balaban J connectivity index is 1.86. The molecule has 0 heterocycles. The lowest BCUT2D eigenvalue weighted by Crippen LogP contribution is -2.31. The zero-order chi connectivity index (χ0) is 20.9. The van der Waals surface area contributed by atoms with Gasteiger partial charge in [-0.15, -0.1) is 0 Å². The SMILES string of the molecule is Cc1ccc(OCC(=O)O[C@H](C)C(=O)Nc2ccc(S(N)(=O)=O)cc2)c(C)c1. The minimum absolute atomic E-state index is 0.0754. The summed E-state index contributed by atoms with van der Waals surface area (Å²) in [5, 5.41) is 7.54. The summed E-state index contributed by atoms with van der Waals surface area (Å²) in [7, 11) is -3.81. The molecule has 2 aromatic carbocycles. The molecule has 3 N–H and O–H groups in total. The van der Waals surface area contributed by atoms with Crippen LogP contribution in [0.2, 0.25) is 0 Å². The van der Waals surface area contributed by atoms with Gasteiger partial charge in [-0.25, -0.2) is 18.4 Å². The van der Waals surface area contributed by atoms with Crippen LogP contribution in [0.15, 0.2) is 47.4 Å². The molecule has 0 bridgehead atoms. The first-order valence-corrected chi connectivity index (χ1v) is 9.94. The fourth-order valence-electron chi connectivity index (χ4n) is 2.35. The molecule has 0 saturated heterocycles. The van der Waals surface area contributed by atoms with E-state index in [1.807, 2.05) is 26.0 Å². The van der Waals surface area contributed by atoms with Crippen LogP contribution in [-0.2, 0) is 24.3 Å². The van der Waals surface area contributed by atoms with Crippen LogP contribution in [0, 0.1) is 13.8 Å². The summed E-state index contributed by atoms with van der Waals surface area (Å²) in [5.41, 5.74) is 2.31. The monoisotopic (exact) mass is 406 g/mol. The first kappa shape index (κ1) is 21.4. The Labute approximate surface area is 163 Å². The number of carbonyl (C=O) groups is 2. The number of amides is 1. The van der Waals surface area contributed by atoms with Crippen molar-refractivity contribution in [2.45, 2.75) is 31.8 Å². The minimum Gasteiger partial charge on any atom is -0.482 e. The van der Waals surface area contributed by atoms with Gasteiger partial charge in [-0.05, 0) is 56.7 Å². The third kappa shape index (κ3) is 6.07. The lowest BCUT2D eigenvalue weighted by atomic mass is 10.1. The van der Waals surface area contributed by atoms with E-state index in [4.69, 9.17) is 14.6 Å². The van der Waals surface area contributed by atoms with Crippen molar-refractivity contribution in [1.82, 2.24) is 0 Å². The van der Waals surface area contributed by atoms with E-state index in [9.17, 15) is 18.0 Å². The summed E-state index contributed by atoms with van der Waals surface area (Å²) >= 11 is 0. The number of anilines is 1. The number of sulfonamides is 1. The number of hydrogen-bond acceptors (Lipinski definition) is 6. The molecule has 0 aliphatic rings. The zero-order valence-electron chi connectivity index (χ0n) is 15.8. The van der Waals surface area contributed by atoms with Gasteiger partial charge in [-0.3, -0.25) is 4.79 Å². The molecule has 2 aromatic rings. The maximum atomic E-state index is 12.1. The van der Waals surface area contributed by atoms with E-state index < -0.39 is 28.0 Å². The molecule has 8 nitrogen and oxygen atoms in total. The van der Waals surface area contributed by atoms with E-state index in [2.05, 4.69) is 5.32 Å². The molecule has 0 saturated carbocycles. The van der Waals surface area contributed by atoms with Gasteiger partial charge in [0.25, 0.3) is 5.91 Å². The van der Waals surface area contributed by atoms with E-state index in [0.717, 1.165) is 11.1 Å². The summed E-state index contributed by atoms with van der Waals surface area (Å²) in [6, 6.07) is 10.9. The lowest BCUT2D eigenvalue weighted by Gasteiger charge is -2.14. The van der Waals surface area contributed by atoms with Crippen molar-refractivity contribution >= 4 is 27.6 Å². The molecule has 28 heavy (non-hydrogen) atoms. The van der Waals surface area contributed by atoms with Crippen LogP contribution < -0.4 is 15.2 Å².